The van der Waals surface area contributed by atoms with Crippen LogP contribution in [0.3, 0.4) is 0 Å². The normalized spacial score (nSPS) is 11.4. The second kappa shape index (κ2) is 6.42. The zero-order valence-electron chi connectivity index (χ0n) is 10.8. The van der Waals surface area contributed by atoms with Gasteiger partial charge in [0.2, 0.25) is 0 Å². The van der Waals surface area contributed by atoms with Gasteiger partial charge in [-0.3, -0.25) is 0 Å². The molecule has 1 unspecified atom stereocenters. The van der Waals surface area contributed by atoms with E-state index in [1.807, 2.05) is 26.0 Å². The molecule has 19 heavy (non-hydrogen) atoms. The van der Waals surface area contributed by atoms with Gasteiger partial charge in [-0.1, -0.05) is 13.8 Å². The fourth-order valence-electron chi connectivity index (χ4n) is 1.72. The first-order valence-electron chi connectivity index (χ1n) is 5.91. The molecule has 0 saturated heterocycles. The number of nitriles is 2. The first-order valence-corrected chi connectivity index (χ1v) is 5.91. The predicted octanol–water partition coefficient (Wildman–Crippen LogP) is 2.34. The molecule has 0 saturated carbocycles. The van der Waals surface area contributed by atoms with Gasteiger partial charge in [0.05, 0.1) is 11.1 Å². The monoisotopic (exact) mass is 257 g/mol. The molecule has 0 bridgehead atoms. The summed E-state index contributed by atoms with van der Waals surface area (Å²) in [4.78, 5) is 11.1. The standard InChI is InChI=1S/C14H15N3O2/c1-9(2)5-13(14(18)19)17-12-4-3-10(7-15)11(6-12)8-16/h3-4,6,9,13,17H,5H2,1-2H3,(H,18,19). The van der Waals surface area contributed by atoms with E-state index < -0.39 is 12.0 Å². The molecular weight excluding hydrogens is 242 g/mol. The lowest BCUT2D eigenvalue weighted by molar-refractivity contribution is -0.138. The maximum absolute atomic E-state index is 11.1. The van der Waals surface area contributed by atoms with Crippen LogP contribution in [0.25, 0.3) is 0 Å². The number of aliphatic carboxylic acids is 1. The van der Waals surface area contributed by atoms with Crippen LogP contribution in [-0.4, -0.2) is 17.1 Å². The van der Waals surface area contributed by atoms with Gasteiger partial charge in [-0.2, -0.15) is 10.5 Å². The van der Waals surface area contributed by atoms with Gasteiger partial charge in [-0.25, -0.2) is 4.79 Å². The van der Waals surface area contributed by atoms with Gasteiger partial charge >= 0.3 is 5.97 Å². The highest BCUT2D eigenvalue weighted by atomic mass is 16.4. The average molecular weight is 257 g/mol. The molecule has 0 aliphatic heterocycles. The fraction of sp³-hybridized carbons (Fsp3) is 0.357. The first-order chi connectivity index (χ1) is 8.97. The lowest BCUT2D eigenvalue weighted by Crippen LogP contribution is -2.30. The summed E-state index contributed by atoms with van der Waals surface area (Å²) in [5.41, 5.74) is 1.05. The number of hydrogen-bond acceptors (Lipinski definition) is 4. The van der Waals surface area contributed by atoms with E-state index in [-0.39, 0.29) is 17.0 Å². The van der Waals surface area contributed by atoms with E-state index in [9.17, 15) is 4.79 Å². The Kier molecular flexibility index (Phi) is 4.91. The van der Waals surface area contributed by atoms with Crippen molar-refractivity contribution in [2.24, 2.45) is 5.92 Å². The summed E-state index contributed by atoms with van der Waals surface area (Å²) >= 11 is 0. The van der Waals surface area contributed by atoms with E-state index in [4.69, 9.17) is 15.6 Å². The van der Waals surface area contributed by atoms with Crippen LogP contribution in [-0.2, 0) is 4.79 Å². The van der Waals surface area contributed by atoms with E-state index in [0.717, 1.165) is 0 Å². The number of carboxylic acid groups (broad SMARTS) is 1. The van der Waals surface area contributed by atoms with Crippen LogP contribution >= 0.6 is 0 Å². The van der Waals surface area contributed by atoms with Crippen molar-refractivity contribution in [3.63, 3.8) is 0 Å². The van der Waals surface area contributed by atoms with Gasteiger partial charge in [0, 0.05) is 5.69 Å². The Bertz CT molecular complexity index is 553. The molecule has 0 heterocycles. The predicted molar refractivity (Wildman–Crippen MR) is 70.4 cm³/mol. The van der Waals surface area contributed by atoms with E-state index in [2.05, 4.69) is 5.32 Å². The topological polar surface area (TPSA) is 96.9 Å². The molecule has 5 nitrogen and oxygen atoms in total. The van der Waals surface area contributed by atoms with Gasteiger partial charge in [0.25, 0.3) is 0 Å². The van der Waals surface area contributed by atoms with Gasteiger partial charge < -0.3 is 10.4 Å². The highest BCUT2D eigenvalue weighted by molar-refractivity contribution is 5.77. The summed E-state index contributed by atoms with van der Waals surface area (Å²) in [5.74, 6) is -0.695. The van der Waals surface area contributed by atoms with Crippen molar-refractivity contribution in [1.82, 2.24) is 0 Å². The fourth-order valence-corrected chi connectivity index (χ4v) is 1.72. The van der Waals surface area contributed by atoms with Crippen LogP contribution in [0.15, 0.2) is 18.2 Å². The molecule has 1 aromatic rings. The molecule has 0 radical (unpaired) electrons. The molecule has 0 spiro atoms. The number of anilines is 1. The summed E-state index contributed by atoms with van der Waals surface area (Å²) in [5, 5.41) is 29.7. The minimum atomic E-state index is -0.934. The third-order valence-electron chi connectivity index (χ3n) is 2.61. The Labute approximate surface area is 112 Å². The molecule has 0 fully saturated rings. The molecule has 2 N–H and O–H groups in total. The van der Waals surface area contributed by atoms with Crippen LogP contribution < -0.4 is 5.32 Å². The van der Waals surface area contributed by atoms with Crippen molar-refractivity contribution in [2.45, 2.75) is 26.3 Å². The number of carbonyl (C=O) groups is 1. The Balaban J connectivity index is 2.95. The largest absolute Gasteiger partial charge is 0.480 e. The molecule has 1 rings (SSSR count). The third-order valence-corrected chi connectivity index (χ3v) is 2.61. The van der Waals surface area contributed by atoms with Crippen molar-refractivity contribution in [3.8, 4) is 12.1 Å². The second-order valence-corrected chi connectivity index (χ2v) is 4.65. The Morgan fingerprint density at radius 2 is 1.95 bits per heavy atom. The van der Waals surface area contributed by atoms with Crippen molar-refractivity contribution in [3.05, 3.63) is 29.3 Å². The summed E-state index contributed by atoms with van der Waals surface area (Å²) in [6.45, 7) is 3.88. The molecule has 0 amide bonds. The Morgan fingerprint density at radius 1 is 1.32 bits per heavy atom. The first kappa shape index (κ1) is 14.5. The highest BCUT2D eigenvalue weighted by Crippen LogP contribution is 2.17. The maximum Gasteiger partial charge on any atom is 0.326 e. The number of hydrogen-bond donors (Lipinski definition) is 2. The molecule has 0 aromatic heterocycles. The molecular formula is C14H15N3O2. The molecule has 5 heteroatoms. The number of carboxylic acids is 1. The summed E-state index contributed by atoms with van der Waals surface area (Å²) in [7, 11) is 0. The van der Waals surface area contributed by atoms with E-state index >= 15 is 0 Å². The number of benzene rings is 1. The van der Waals surface area contributed by atoms with Crippen LogP contribution in [0.4, 0.5) is 5.69 Å². The third kappa shape index (κ3) is 4.01. The lowest BCUT2D eigenvalue weighted by atomic mass is 10.0. The van der Waals surface area contributed by atoms with Crippen LogP contribution in [0.1, 0.15) is 31.4 Å². The van der Waals surface area contributed by atoms with Gasteiger partial charge in [0.1, 0.15) is 18.2 Å². The average Bonchev–Trinajstić information content (AvgIpc) is 2.37. The van der Waals surface area contributed by atoms with Crippen molar-refractivity contribution < 1.29 is 9.90 Å². The van der Waals surface area contributed by atoms with E-state index in [0.29, 0.717) is 12.1 Å². The minimum absolute atomic E-state index is 0.237. The lowest BCUT2D eigenvalue weighted by Gasteiger charge is -2.17. The molecule has 0 aliphatic carbocycles. The van der Waals surface area contributed by atoms with Crippen LogP contribution in [0.5, 0.6) is 0 Å². The molecule has 1 atom stereocenters. The SMILES string of the molecule is CC(C)CC(Nc1ccc(C#N)c(C#N)c1)C(=O)O. The van der Waals surface area contributed by atoms with E-state index in [1.54, 1.807) is 6.07 Å². The zero-order valence-corrected chi connectivity index (χ0v) is 10.8. The molecule has 0 aliphatic rings. The number of nitrogens with zero attached hydrogens (tertiary/aromatic N) is 2. The van der Waals surface area contributed by atoms with Crippen molar-refractivity contribution >= 4 is 11.7 Å². The number of nitrogens with one attached hydrogen (secondary N) is 1. The number of rotatable bonds is 5. The highest BCUT2D eigenvalue weighted by Gasteiger charge is 2.18. The van der Waals surface area contributed by atoms with Gasteiger partial charge in [-0.05, 0) is 30.5 Å². The quantitative estimate of drug-likeness (QED) is 0.843. The smallest absolute Gasteiger partial charge is 0.326 e. The van der Waals surface area contributed by atoms with Crippen molar-refractivity contribution in [2.75, 3.05) is 5.32 Å². The molecule has 98 valence electrons. The van der Waals surface area contributed by atoms with Crippen LogP contribution in [0, 0.1) is 28.6 Å². The van der Waals surface area contributed by atoms with E-state index in [1.165, 1.54) is 12.1 Å². The Morgan fingerprint density at radius 3 is 2.42 bits per heavy atom. The minimum Gasteiger partial charge on any atom is -0.480 e. The summed E-state index contributed by atoms with van der Waals surface area (Å²) in [6, 6.07) is 7.74. The van der Waals surface area contributed by atoms with Crippen molar-refractivity contribution in [1.29, 1.82) is 10.5 Å². The summed E-state index contributed by atoms with van der Waals surface area (Å²) in [6.07, 6.45) is 0.483. The maximum atomic E-state index is 11.1. The van der Waals surface area contributed by atoms with Gasteiger partial charge in [0.15, 0.2) is 0 Å². The second-order valence-electron chi connectivity index (χ2n) is 4.65. The van der Waals surface area contributed by atoms with Gasteiger partial charge in [-0.15, -0.1) is 0 Å². The Hall–Kier alpha value is -2.53. The zero-order chi connectivity index (χ0) is 14.4. The molecule has 1 aromatic carbocycles. The van der Waals surface area contributed by atoms with Crippen LogP contribution in [0.2, 0.25) is 0 Å². The summed E-state index contributed by atoms with van der Waals surface area (Å²) < 4.78 is 0.